The van der Waals surface area contributed by atoms with Crippen molar-refractivity contribution in [3.63, 3.8) is 0 Å². The summed E-state index contributed by atoms with van der Waals surface area (Å²) in [5.41, 5.74) is -4.78. The number of likely N-dealkylation sites (N-methyl/N-ethyl adjacent to an activating group) is 2. The summed E-state index contributed by atoms with van der Waals surface area (Å²) in [4.78, 5) is 18.2. The number of nitrogens with zero attached hydrogens (tertiary/aromatic N) is 5. The molecule has 1 aromatic heterocycles. The van der Waals surface area contributed by atoms with E-state index in [2.05, 4.69) is 10.3 Å². The van der Waals surface area contributed by atoms with Gasteiger partial charge in [0.05, 0.1) is 58.2 Å². The quantitative estimate of drug-likeness (QED) is 0.153. The van der Waals surface area contributed by atoms with Crippen LogP contribution in [0.1, 0.15) is 125 Å². The van der Waals surface area contributed by atoms with E-state index in [1.54, 1.807) is 48.6 Å². The molecular weight excluding hydrogens is 1020 g/mol. The molecule has 76 heavy (non-hydrogen) atoms. The highest BCUT2D eigenvalue weighted by Gasteiger charge is 2.52. The highest BCUT2D eigenvalue weighted by molar-refractivity contribution is 7.90. The van der Waals surface area contributed by atoms with Crippen molar-refractivity contribution < 1.29 is 80.3 Å². The molecule has 4 heterocycles. The number of aliphatic hydroxyl groups excluding tert-OH is 3. The zero-order chi connectivity index (χ0) is 57.0. The van der Waals surface area contributed by atoms with Gasteiger partial charge in [0.2, 0.25) is 0 Å². The molecular formula is C53H88F3N5O14S. The molecule has 5 N–H and O–H groups in total. The fourth-order valence-corrected chi connectivity index (χ4v) is 11.8. The molecule has 19 nitrogen and oxygen atoms in total. The predicted octanol–water partition coefficient (Wildman–Crippen LogP) is 4.59. The van der Waals surface area contributed by atoms with Gasteiger partial charge < -0.3 is 63.8 Å². The molecule has 5 rings (SSSR count). The Morgan fingerprint density at radius 1 is 0.987 bits per heavy atom. The Morgan fingerprint density at radius 2 is 1.63 bits per heavy atom. The van der Waals surface area contributed by atoms with Gasteiger partial charge in [0.15, 0.2) is 22.4 Å². The summed E-state index contributed by atoms with van der Waals surface area (Å²) in [5.74, 6) is -6.56. The van der Waals surface area contributed by atoms with Crippen LogP contribution in [-0.4, -0.2) is 202 Å². The van der Waals surface area contributed by atoms with Crippen LogP contribution in [0.25, 0.3) is 0 Å². The van der Waals surface area contributed by atoms with E-state index in [4.69, 9.17) is 28.4 Å². The number of carbonyl (C=O) groups excluding carboxylic acids is 1. The second kappa shape index (κ2) is 25.7. The van der Waals surface area contributed by atoms with E-state index in [-0.39, 0.29) is 55.2 Å². The number of esters is 1. The van der Waals surface area contributed by atoms with Crippen molar-refractivity contribution in [2.75, 3.05) is 47.2 Å². The van der Waals surface area contributed by atoms with Crippen LogP contribution in [0.3, 0.4) is 0 Å². The molecule has 1 aromatic carbocycles. The molecule has 23 heteroatoms. The van der Waals surface area contributed by atoms with Crippen molar-refractivity contribution in [1.82, 2.24) is 24.8 Å². The normalized spacial score (nSPS) is 38.9. The van der Waals surface area contributed by atoms with Crippen LogP contribution < -0.4 is 0 Å². The lowest BCUT2D eigenvalue weighted by atomic mass is 9.78. The topological polar surface area (TPSA) is 245 Å². The number of hydrogen-bond donors (Lipinski definition) is 5. The summed E-state index contributed by atoms with van der Waals surface area (Å²) in [6, 6.07) is 0.854. The molecule has 0 saturated carbocycles. The number of aromatic nitrogens is 3. The fraction of sp³-hybridized carbons (Fsp3) is 0.830. The zero-order valence-electron chi connectivity index (χ0n) is 46.9. The monoisotopic (exact) mass is 1110 g/mol. The molecule has 3 fully saturated rings. The molecule has 0 unspecified atom stereocenters. The summed E-state index contributed by atoms with van der Waals surface area (Å²) in [6.45, 7) is 16.6. The van der Waals surface area contributed by atoms with Crippen molar-refractivity contribution in [1.29, 1.82) is 0 Å². The first-order valence-electron chi connectivity index (χ1n) is 26.6. The number of alkyl halides is 3. The zero-order valence-corrected chi connectivity index (χ0v) is 47.7. The third kappa shape index (κ3) is 15.1. The van der Waals surface area contributed by atoms with Gasteiger partial charge in [-0.1, -0.05) is 38.1 Å². The Bertz CT molecular complexity index is 2280. The van der Waals surface area contributed by atoms with Gasteiger partial charge in [-0.25, -0.2) is 17.5 Å². The van der Waals surface area contributed by atoms with Gasteiger partial charge in [0.1, 0.15) is 36.6 Å². The molecule has 0 bridgehead atoms. The van der Waals surface area contributed by atoms with Crippen molar-refractivity contribution in [2.24, 2.45) is 17.8 Å². The fourth-order valence-electron chi connectivity index (χ4n) is 11.2. The van der Waals surface area contributed by atoms with Crippen LogP contribution >= 0.6 is 0 Å². The first kappa shape index (κ1) is 63.9. The standard InChI is InChI=1S/C53H88F3N5O14S/c1-15-42-51(9,67)25-40(62)34(6)60(12)28-30(2)20-22-50(8,66)47(32(4)45(33(5)48(65)73-42)74-43-26-52(10,70-13)46(64)35(7)72-43)75-49-44(63)39(24-31(3)71-49)59(11)23-21-37-29-61(58-57-37)41(27-54)53(55,56)36-16-18-38(19-17-36)76(14,68)69/h16-19,29-35,39-47,49,62-64,66-67H,15,20-28H2,1-14H3/t30-,31-,32+,33-,34-,35+,39+,40+,41-,42-,43+,44-,45+,46+,47-,49+,50-,51+,52-/m1/s1. The SMILES string of the molecule is CC[C@H]1OC(=O)[C@H](C)[C@@H](O[C@H]2C[C@@](C)(OC)[C@@H](O)[C@H](C)O2)[C@H](C)[C@@H](O[C@@H]2O[C@H](C)C[C@H](N(C)CCc3cn([C@H](CF)C(F)(F)c4ccc(S(C)(=O)=O)cc4)nn3)[C@H]2O)[C@](C)(O)CC[C@@H](C)CN(C)[C@H](C)[C@@H](O)C[C@]1(C)O. The number of carbonyl (C=O) groups is 1. The van der Waals surface area contributed by atoms with Gasteiger partial charge in [-0.05, 0) is 106 Å². The van der Waals surface area contributed by atoms with Crippen molar-refractivity contribution >= 4 is 15.8 Å². The maximum Gasteiger partial charge on any atom is 0.311 e. The molecule has 3 saturated heterocycles. The molecule has 0 amide bonds. The molecule has 3 aliphatic rings. The average Bonchev–Trinajstić information content (AvgIpc) is 3.81. The first-order valence-corrected chi connectivity index (χ1v) is 28.5. The maximum atomic E-state index is 15.8. The lowest BCUT2D eigenvalue weighted by molar-refractivity contribution is -0.318. The van der Waals surface area contributed by atoms with Gasteiger partial charge in [-0.3, -0.25) is 4.79 Å². The number of benzene rings is 1. The third-order valence-electron chi connectivity index (χ3n) is 16.5. The van der Waals surface area contributed by atoms with E-state index in [0.29, 0.717) is 19.4 Å². The van der Waals surface area contributed by atoms with Crippen LogP contribution in [0.5, 0.6) is 0 Å². The molecule has 436 valence electrons. The highest BCUT2D eigenvalue weighted by atomic mass is 32.2. The minimum Gasteiger partial charge on any atom is -0.459 e. The maximum absolute atomic E-state index is 15.8. The Morgan fingerprint density at radius 3 is 2.22 bits per heavy atom. The van der Waals surface area contributed by atoms with Crippen LogP contribution in [-0.2, 0) is 55.4 Å². The lowest BCUT2D eigenvalue weighted by Gasteiger charge is -2.48. The van der Waals surface area contributed by atoms with E-state index < -0.39 is 142 Å². The Balaban J connectivity index is 1.45. The number of halogens is 3. The van der Waals surface area contributed by atoms with Gasteiger partial charge in [-0.15, -0.1) is 5.10 Å². The van der Waals surface area contributed by atoms with Crippen LogP contribution in [0.4, 0.5) is 13.2 Å². The Hall–Kier alpha value is -2.91. The summed E-state index contributed by atoms with van der Waals surface area (Å²) >= 11 is 0. The largest absolute Gasteiger partial charge is 0.459 e. The number of rotatable bonds is 15. The summed E-state index contributed by atoms with van der Waals surface area (Å²) in [5, 5.41) is 67.3. The number of cyclic esters (lactones) is 1. The second-order valence-corrected chi connectivity index (χ2v) is 25.0. The van der Waals surface area contributed by atoms with Gasteiger partial charge in [-0.2, -0.15) is 8.78 Å². The average molecular weight is 1110 g/mol. The molecule has 3 aliphatic heterocycles. The second-order valence-electron chi connectivity index (χ2n) is 23.0. The minimum absolute atomic E-state index is 0.0237. The Labute approximate surface area is 447 Å². The summed E-state index contributed by atoms with van der Waals surface area (Å²) in [7, 11) is 1.44. The summed E-state index contributed by atoms with van der Waals surface area (Å²) in [6.07, 6.45) is -6.94. The van der Waals surface area contributed by atoms with E-state index in [9.17, 15) is 43.1 Å². The molecule has 0 spiro atoms. The lowest BCUT2D eigenvalue weighted by Crippen LogP contribution is -2.60. The summed E-state index contributed by atoms with van der Waals surface area (Å²) < 4.78 is 109. The number of methoxy groups -OCH3 is 1. The molecule has 0 radical (unpaired) electrons. The highest BCUT2D eigenvalue weighted by Crippen LogP contribution is 2.42. The van der Waals surface area contributed by atoms with Crippen LogP contribution in [0.15, 0.2) is 35.4 Å². The van der Waals surface area contributed by atoms with Crippen molar-refractivity contribution in [3.05, 3.63) is 41.7 Å². The van der Waals surface area contributed by atoms with Crippen molar-refractivity contribution in [2.45, 2.75) is 221 Å². The molecule has 19 atom stereocenters. The van der Waals surface area contributed by atoms with Gasteiger partial charge in [0.25, 0.3) is 5.92 Å². The molecule has 0 aliphatic carbocycles. The van der Waals surface area contributed by atoms with Gasteiger partial charge >= 0.3 is 5.97 Å². The minimum atomic E-state index is -3.79. The molecule has 2 aromatic rings. The van der Waals surface area contributed by atoms with Gasteiger partial charge in [0, 0.05) is 75.5 Å². The number of ether oxygens (including phenoxy) is 6. The first-order chi connectivity index (χ1) is 35.2. The van der Waals surface area contributed by atoms with Crippen LogP contribution in [0, 0.1) is 17.8 Å². The predicted molar refractivity (Wildman–Crippen MR) is 275 cm³/mol. The Kier molecular flexibility index (Phi) is 21.6. The van der Waals surface area contributed by atoms with Crippen molar-refractivity contribution in [3.8, 4) is 0 Å². The third-order valence-corrected chi connectivity index (χ3v) is 17.6. The van der Waals surface area contributed by atoms with E-state index in [0.717, 1.165) is 35.2 Å². The van der Waals surface area contributed by atoms with E-state index >= 15 is 8.78 Å². The van der Waals surface area contributed by atoms with E-state index in [1.807, 2.05) is 37.6 Å². The smallest absolute Gasteiger partial charge is 0.311 e. The van der Waals surface area contributed by atoms with E-state index in [1.165, 1.54) is 20.2 Å². The number of hydrogen-bond acceptors (Lipinski definition) is 18. The number of sulfone groups is 1. The van der Waals surface area contributed by atoms with Crippen LogP contribution in [0.2, 0.25) is 0 Å². The number of aliphatic hydroxyl groups is 5.